The van der Waals surface area contributed by atoms with Crippen molar-refractivity contribution in [1.82, 2.24) is 9.88 Å². The van der Waals surface area contributed by atoms with Crippen LogP contribution in [0.2, 0.25) is 0 Å². The van der Waals surface area contributed by atoms with Gasteiger partial charge in [-0.05, 0) is 25.1 Å². The molecule has 2 rings (SSSR count). The lowest BCUT2D eigenvalue weighted by molar-refractivity contribution is 0.0802. The van der Waals surface area contributed by atoms with Crippen LogP contribution in [0.15, 0.2) is 18.2 Å². The van der Waals surface area contributed by atoms with Crippen molar-refractivity contribution in [2.75, 3.05) is 27.8 Å². The van der Waals surface area contributed by atoms with Gasteiger partial charge in [0.15, 0.2) is 11.5 Å². The van der Waals surface area contributed by atoms with E-state index in [1.807, 2.05) is 31.2 Å². The summed E-state index contributed by atoms with van der Waals surface area (Å²) in [5.74, 6) is 1.14. The fraction of sp³-hybridized carbons (Fsp3) is 0.353. The molecule has 1 amide bonds. The van der Waals surface area contributed by atoms with Gasteiger partial charge in [0.1, 0.15) is 9.88 Å². The summed E-state index contributed by atoms with van der Waals surface area (Å²) in [6.07, 6.45) is 0.308. The molecule has 1 aromatic heterocycles. The minimum absolute atomic E-state index is 0.119. The minimum Gasteiger partial charge on any atom is -0.493 e. The fourth-order valence-corrected chi connectivity index (χ4v) is 3.24. The number of amides is 1. The molecule has 6 nitrogen and oxygen atoms in total. The highest BCUT2D eigenvalue weighted by atomic mass is 32.1. The Balaban J connectivity index is 2.32. The molecule has 0 atom stereocenters. The predicted molar refractivity (Wildman–Crippen MR) is 92.6 cm³/mol. The van der Waals surface area contributed by atoms with Crippen LogP contribution in [0, 0.1) is 18.3 Å². The molecule has 0 unspecified atom stereocenters. The summed E-state index contributed by atoms with van der Waals surface area (Å²) in [5, 5.41) is 9.39. The Morgan fingerprint density at radius 1 is 1.33 bits per heavy atom. The van der Waals surface area contributed by atoms with Gasteiger partial charge >= 0.3 is 0 Å². The number of methoxy groups -OCH3 is 2. The number of aromatic nitrogens is 1. The number of aryl methyl sites for hydroxylation is 1. The van der Waals surface area contributed by atoms with Crippen LogP contribution < -0.4 is 9.47 Å². The van der Waals surface area contributed by atoms with E-state index < -0.39 is 0 Å². The lowest BCUT2D eigenvalue weighted by atomic mass is 10.2. The standard InChI is InChI=1S/C17H19N3O3S/c1-11-15(17(21)20(2)9-5-8-18)24-16(19-11)12-6-7-13(22-3)14(10-12)23-4/h6-7,10H,5,9H2,1-4H3. The molecule has 0 saturated carbocycles. The van der Waals surface area contributed by atoms with Gasteiger partial charge in [0.2, 0.25) is 0 Å². The normalized spacial score (nSPS) is 10.1. The zero-order valence-corrected chi connectivity index (χ0v) is 14.9. The van der Waals surface area contributed by atoms with Crippen molar-refractivity contribution in [2.45, 2.75) is 13.3 Å². The Hall–Kier alpha value is -2.59. The van der Waals surface area contributed by atoms with Gasteiger partial charge in [-0.3, -0.25) is 4.79 Å². The largest absolute Gasteiger partial charge is 0.493 e. The zero-order chi connectivity index (χ0) is 17.7. The maximum atomic E-state index is 12.5. The quantitative estimate of drug-likeness (QED) is 0.804. The number of carbonyl (C=O) groups is 1. The second-order valence-electron chi connectivity index (χ2n) is 5.14. The molecule has 0 aliphatic carbocycles. The highest BCUT2D eigenvalue weighted by Crippen LogP contribution is 2.35. The van der Waals surface area contributed by atoms with Crippen molar-refractivity contribution in [3.63, 3.8) is 0 Å². The van der Waals surface area contributed by atoms with Gasteiger partial charge in [0.25, 0.3) is 5.91 Å². The minimum atomic E-state index is -0.119. The second kappa shape index (κ2) is 7.79. The molecule has 0 fully saturated rings. The molecule has 126 valence electrons. The third kappa shape index (κ3) is 3.66. The average molecular weight is 345 g/mol. The number of hydrogen-bond donors (Lipinski definition) is 0. The summed E-state index contributed by atoms with van der Waals surface area (Å²) in [4.78, 5) is 19.1. The summed E-state index contributed by atoms with van der Waals surface area (Å²) in [6.45, 7) is 2.21. The lowest BCUT2D eigenvalue weighted by Gasteiger charge is -2.14. The third-order valence-corrected chi connectivity index (χ3v) is 4.72. The number of rotatable bonds is 6. The van der Waals surface area contributed by atoms with Crippen LogP contribution in [-0.2, 0) is 0 Å². The van der Waals surface area contributed by atoms with E-state index in [-0.39, 0.29) is 5.91 Å². The summed E-state index contributed by atoms with van der Waals surface area (Å²) in [6, 6.07) is 7.57. The number of benzene rings is 1. The van der Waals surface area contributed by atoms with Crippen molar-refractivity contribution in [3.8, 4) is 28.1 Å². The van der Waals surface area contributed by atoms with Crippen LogP contribution in [0.5, 0.6) is 11.5 Å². The van der Waals surface area contributed by atoms with Crippen molar-refractivity contribution in [3.05, 3.63) is 28.8 Å². The zero-order valence-electron chi connectivity index (χ0n) is 14.1. The molecule has 0 aliphatic heterocycles. The summed E-state index contributed by atoms with van der Waals surface area (Å²) < 4.78 is 10.5. The molecule has 7 heteroatoms. The lowest BCUT2D eigenvalue weighted by Crippen LogP contribution is -2.27. The monoisotopic (exact) mass is 345 g/mol. The molecular weight excluding hydrogens is 326 g/mol. The number of nitriles is 1. The van der Waals surface area contributed by atoms with Crippen LogP contribution in [0.3, 0.4) is 0 Å². The van der Waals surface area contributed by atoms with Crippen molar-refractivity contribution >= 4 is 17.2 Å². The second-order valence-corrected chi connectivity index (χ2v) is 6.14. The SMILES string of the molecule is COc1ccc(-c2nc(C)c(C(=O)N(C)CCC#N)s2)cc1OC. The number of thiazole rings is 1. The first-order chi connectivity index (χ1) is 11.5. The number of nitrogens with zero attached hydrogens (tertiary/aromatic N) is 3. The number of ether oxygens (including phenoxy) is 2. The predicted octanol–water partition coefficient (Wildman–Crippen LogP) is 3.12. The summed E-state index contributed by atoms with van der Waals surface area (Å²) >= 11 is 1.33. The van der Waals surface area contributed by atoms with E-state index in [1.54, 1.807) is 26.2 Å². The van der Waals surface area contributed by atoms with Crippen LogP contribution in [0.4, 0.5) is 0 Å². The Labute approximate surface area is 145 Å². The van der Waals surface area contributed by atoms with E-state index in [4.69, 9.17) is 14.7 Å². The molecule has 0 radical (unpaired) electrons. The third-order valence-electron chi connectivity index (χ3n) is 3.53. The van der Waals surface area contributed by atoms with Crippen LogP contribution in [-0.4, -0.2) is 43.6 Å². The smallest absolute Gasteiger partial charge is 0.265 e. The molecule has 1 heterocycles. The Morgan fingerprint density at radius 3 is 2.67 bits per heavy atom. The van der Waals surface area contributed by atoms with Gasteiger partial charge in [-0.1, -0.05) is 0 Å². The fourth-order valence-electron chi connectivity index (χ4n) is 2.18. The van der Waals surface area contributed by atoms with Crippen LogP contribution in [0.25, 0.3) is 10.6 Å². The van der Waals surface area contributed by atoms with E-state index in [9.17, 15) is 4.79 Å². The topological polar surface area (TPSA) is 75.5 Å². The average Bonchev–Trinajstić information content (AvgIpc) is 2.99. The number of carbonyl (C=O) groups excluding carboxylic acids is 1. The maximum absolute atomic E-state index is 12.5. The first kappa shape index (κ1) is 17.8. The van der Waals surface area contributed by atoms with Gasteiger partial charge in [0.05, 0.1) is 32.4 Å². The van der Waals surface area contributed by atoms with Gasteiger partial charge in [-0.25, -0.2) is 4.98 Å². The van der Waals surface area contributed by atoms with E-state index in [1.165, 1.54) is 11.3 Å². The van der Waals surface area contributed by atoms with Crippen LogP contribution in [0.1, 0.15) is 21.8 Å². The van der Waals surface area contributed by atoms with Crippen molar-refractivity contribution in [2.24, 2.45) is 0 Å². The number of hydrogen-bond acceptors (Lipinski definition) is 6. The molecule has 0 spiro atoms. The van der Waals surface area contributed by atoms with Gasteiger partial charge in [0, 0.05) is 19.2 Å². The summed E-state index contributed by atoms with van der Waals surface area (Å²) in [5.41, 5.74) is 1.54. The Bertz CT molecular complexity index is 780. The highest BCUT2D eigenvalue weighted by molar-refractivity contribution is 7.17. The molecule has 0 bridgehead atoms. The van der Waals surface area contributed by atoms with Crippen molar-refractivity contribution in [1.29, 1.82) is 5.26 Å². The van der Waals surface area contributed by atoms with Crippen LogP contribution >= 0.6 is 11.3 Å². The molecule has 0 saturated heterocycles. The molecular formula is C17H19N3O3S. The Morgan fingerprint density at radius 2 is 2.04 bits per heavy atom. The van der Waals surface area contributed by atoms with E-state index in [2.05, 4.69) is 4.98 Å². The van der Waals surface area contributed by atoms with E-state index >= 15 is 0 Å². The maximum Gasteiger partial charge on any atom is 0.265 e. The first-order valence-electron chi connectivity index (χ1n) is 7.34. The van der Waals surface area contributed by atoms with Crippen molar-refractivity contribution < 1.29 is 14.3 Å². The first-order valence-corrected chi connectivity index (χ1v) is 8.15. The highest BCUT2D eigenvalue weighted by Gasteiger charge is 2.20. The van der Waals surface area contributed by atoms with E-state index in [0.29, 0.717) is 35.0 Å². The van der Waals surface area contributed by atoms with E-state index in [0.717, 1.165) is 10.6 Å². The van der Waals surface area contributed by atoms with Gasteiger partial charge in [-0.2, -0.15) is 5.26 Å². The molecule has 1 aromatic carbocycles. The molecule has 24 heavy (non-hydrogen) atoms. The summed E-state index contributed by atoms with van der Waals surface area (Å²) in [7, 11) is 4.85. The Kier molecular flexibility index (Phi) is 5.77. The molecule has 2 aromatic rings. The molecule has 0 aliphatic rings. The molecule has 0 N–H and O–H groups in total. The van der Waals surface area contributed by atoms with Gasteiger partial charge in [-0.15, -0.1) is 11.3 Å². The van der Waals surface area contributed by atoms with Gasteiger partial charge < -0.3 is 14.4 Å².